The number of hydrazine groups is 1. The van der Waals surface area contributed by atoms with E-state index in [0.717, 1.165) is 49.2 Å². The second-order valence-electron chi connectivity index (χ2n) is 11.3. The molecule has 40 heavy (non-hydrogen) atoms. The number of methoxy groups -OCH3 is 1. The third-order valence-corrected chi connectivity index (χ3v) is 8.70. The summed E-state index contributed by atoms with van der Waals surface area (Å²) >= 11 is 0. The number of hydrogen-bond acceptors (Lipinski definition) is 8. The molecular formula is C30H40N6O4. The van der Waals surface area contributed by atoms with Gasteiger partial charge in [-0.1, -0.05) is 25.0 Å². The van der Waals surface area contributed by atoms with Gasteiger partial charge < -0.3 is 9.64 Å². The second-order valence-corrected chi connectivity index (χ2v) is 11.3. The second kappa shape index (κ2) is 13.2. The molecule has 1 aromatic carbocycles. The molecule has 0 atom stereocenters. The van der Waals surface area contributed by atoms with E-state index in [0.29, 0.717) is 31.2 Å². The predicted octanol–water partition coefficient (Wildman–Crippen LogP) is 3.20. The quantitative estimate of drug-likeness (QED) is 0.400. The van der Waals surface area contributed by atoms with Crippen molar-refractivity contribution in [1.82, 2.24) is 25.7 Å². The summed E-state index contributed by atoms with van der Waals surface area (Å²) in [6.07, 6.45) is 11.6. The zero-order valence-electron chi connectivity index (χ0n) is 23.3. The van der Waals surface area contributed by atoms with Crippen LogP contribution in [0.15, 0.2) is 36.7 Å². The van der Waals surface area contributed by atoms with Gasteiger partial charge in [0, 0.05) is 62.2 Å². The van der Waals surface area contributed by atoms with E-state index in [2.05, 4.69) is 30.6 Å². The monoisotopic (exact) mass is 548 g/mol. The van der Waals surface area contributed by atoms with Crippen molar-refractivity contribution in [2.45, 2.75) is 51.4 Å². The van der Waals surface area contributed by atoms with Crippen molar-refractivity contribution in [2.75, 3.05) is 44.7 Å². The minimum Gasteiger partial charge on any atom is -0.469 e. The SMILES string of the molecule is COC(=O)[C@H]1CC[C@H](C(=O)NNC(=O)c2ccc(-c3cnc(N4CCN(CC5CCCC5)CC4)nc3)cc2)CC1. The number of ether oxygens (including phenoxy) is 1. The van der Waals surface area contributed by atoms with Crippen molar-refractivity contribution in [3.63, 3.8) is 0 Å². The molecule has 0 radical (unpaired) electrons. The van der Waals surface area contributed by atoms with Crippen molar-refractivity contribution < 1.29 is 19.1 Å². The first-order valence-corrected chi connectivity index (χ1v) is 14.6. The Labute approximate surface area is 235 Å². The van der Waals surface area contributed by atoms with Crippen LogP contribution in [0.5, 0.6) is 0 Å². The van der Waals surface area contributed by atoms with E-state index in [4.69, 9.17) is 4.74 Å². The van der Waals surface area contributed by atoms with E-state index < -0.39 is 0 Å². The van der Waals surface area contributed by atoms with Gasteiger partial charge in [-0.2, -0.15) is 0 Å². The Balaban J connectivity index is 1.07. The van der Waals surface area contributed by atoms with Crippen molar-refractivity contribution in [3.8, 4) is 11.1 Å². The molecule has 2 heterocycles. The van der Waals surface area contributed by atoms with Crippen LogP contribution in [0.3, 0.4) is 0 Å². The summed E-state index contributed by atoms with van der Waals surface area (Å²) in [5.74, 6) is 0.417. The lowest BCUT2D eigenvalue weighted by Gasteiger charge is -2.35. The molecule has 214 valence electrons. The third kappa shape index (κ3) is 6.96. The average Bonchev–Trinajstić information content (AvgIpc) is 3.53. The standard InChI is InChI=1S/C30H40N6O4/c1-40-29(39)25-12-10-24(11-13-25)28(38)34-33-27(37)23-8-6-22(7-9-23)26-18-31-30(32-19-26)36-16-14-35(15-17-36)20-21-4-2-3-5-21/h6-9,18-19,21,24-25H,2-5,10-17,20H2,1H3,(H,33,37)(H,34,38)/t24-,25-. The first-order chi connectivity index (χ1) is 19.5. The minimum absolute atomic E-state index is 0.148. The van der Waals surface area contributed by atoms with Crippen LogP contribution in [-0.4, -0.2) is 72.5 Å². The number of aromatic nitrogens is 2. The number of carbonyl (C=O) groups is 3. The summed E-state index contributed by atoms with van der Waals surface area (Å²) in [4.78, 5) is 50.8. The maximum atomic E-state index is 12.6. The average molecular weight is 549 g/mol. The van der Waals surface area contributed by atoms with Gasteiger partial charge >= 0.3 is 5.97 Å². The largest absolute Gasteiger partial charge is 0.469 e. The highest BCUT2D eigenvalue weighted by Gasteiger charge is 2.30. The molecule has 10 nitrogen and oxygen atoms in total. The summed E-state index contributed by atoms with van der Waals surface area (Å²) in [6, 6.07) is 7.14. The number of anilines is 1. The maximum absolute atomic E-state index is 12.6. The number of carbonyl (C=O) groups excluding carboxylic acids is 3. The lowest BCUT2D eigenvalue weighted by atomic mass is 9.82. The lowest BCUT2D eigenvalue weighted by Crippen LogP contribution is -2.48. The fourth-order valence-electron chi connectivity index (χ4n) is 6.19. The number of rotatable bonds is 7. The van der Waals surface area contributed by atoms with E-state index in [1.807, 2.05) is 24.5 Å². The van der Waals surface area contributed by atoms with Gasteiger partial charge in [-0.3, -0.25) is 30.1 Å². The summed E-state index contributed by atoms with van der Waals surface area (Å²) in [6.45, 7) is 5.24. The third-order valence-electron chi connectivity index (χ3n) is 8.70. The number of esters is 1. The summed E-state index contributed by atoms with van der Waals surface area (Å²) < 4.78 is 4.79. The maximum Gasteiger partial charge on any atom is 0.308 e. The van der Waals surface area contributed by atoms with Crippen molar-refractivity contribution >= 4 is 23.7 Å². The number of benzene rings is 1. The highest BCUT2D eigenvalue weighted by molar-refractivity contribution is 5.96. The van der Waals surface area contributed by atoms with E-state index in [9.17, 15) is 14.4 Å². The Hall–Kier alpha value is -3.53. The van der Waals surface area contributed by atoms with Crippen molar-refractivity contribution in [3.05, 3.63) is 42.2 Å². The Morgan fingerprint density at radius 1 is 0.825 bits per heavy atom. The zero-order valence-corrected chi connectivity index (χ0v) is 23.3. The molecule has 0 spiro atoms. The van der Waals surface area contributed by atoms with E-state index >= 15 is 0 Å². The van der Waals surface area contributed by atoms with E-state index in [-0.39, 0.29) is 29.6 Å². The van der Waals surface area contributed by atoms with Crippen molar-refractivity contribution in [2.24, 2.45) is 17.8 Å². The van der Waals surface area contributed by atoms with Gasteiger partial charge in [0.05, 0.1) is 13.0 Å². The molecule has 1 aliphatic heterocycles. The Morgan fingerprint density at radius 3 is 2.08 bits per heavy atom. The fourth-order valence-corrected chi connectivity index (χ4v) is 6.19. The molecule has 0 unspecified atom stereocenters. The highest BCUT2D eigenvalue weighted by Crippen LogP contribution is 2.30. The first kappa shape index (κ1) is 28.0. The smallest absolute Gasteiger partial charge is 0.308 e. The Bertz CT molecular complexity index is 1150. The van der Waals surface area contributed by atoms with Gasteiger partial charge in [0.1, 0.15) is 0 Å². The number of amides is 2. The lowest BCUT2D eigenvalue weighted by molar-refractivity contribution is -0.147. The molecule has 1 saturated heterocycles. The summed E-state index contributed by atoms with van der Waals surface area (Å²) in [5.41, 5.74) is 7.26. The van der Waals surface area contributed by atoms with Gasteiger partial charge in [-0.25, -0.2) is 9.97 Å². The van der Waals surface area contributed by atoms with Crippen molar-refractivity contribution in [1.29, 1.82) is 0 Å². The van der Waals surface area contributed by atoms with Crippen LogP contribution < -0.4 is 15.8 Å². The van der Waals surface area contributed by atoms with Crippen LogP contribution in [0.2, 0.25) is 0 Å². The molecule has 2 aliphatic carbocycles. The van der Waals surface area contributed by atoms with Crippen LogP contribution in [0, 0.1) is 17.8 Å². The Morgan fingerprint density at radius 2 is 1.45 bits per heavy atom. The van der Waals surface area contributed by atoms with Gasteiger partial charge in [-0.05, 0) is 62.1 Å². The molecule has 2 aromatic rings. The summed E-state index contributed by atoms with van der Waals surface area (Å²) in [7, 11) is 1.38. The molecule has 2 amide bonds. The van der Waals surface area contributed by atoms with Crippen LogP contribution >= 0.6 is 0 Å². The molecule has 2 N–H and O–H groups in total. The van der Waals surface area contributed by atoms with Gasteiger partial charge in [-0.15, -0.1) is 0 Å². The van der Waals surface area contributed by atoms with E-state index in [1.165, 1.54) is 39.3 Å². The molecule has 3 aliphatic rings. The molecule has 0 bridgehead atoms. The van der Waals surface area contributed by atoms with Crippen LogP contribution in [0.25, 0.3) is 11.1 Å². The summed E-state index contributed by atoms with van der Waals surface area (Å²) in [5, 5.41) is 0. The molecule has 10 heteroatoms. The van der Waals surface area contributed by atoms with Crippen LogP contribution in [0.1, 0.15) is 61.7 Å². The number of nitrogens with zero attached hydrogens (tertiary/aromatic N) is 4. The van der Waals surface area contributed by atoms with E-state index in [1.54, 1.807) is 12.1 Å². The zero-order chi connectivity index (χ0) is 27.9. The Kier molecular flexibility index (Phi) is 9.26. The van der Waals surface area contributed by atoms with Crippen LogP contribution in [-0.2, 0) is 14.3 Å². The molecule has 3 fully saturated rings. The normalized spacial score (nSPS) is 22.1. The van der Waals surface area contributed by atoms with Gasteiger partial charge in [0.15, 0.2) is 0 Å². The topological polar surface area (TPSA) is 117 Å². The highest BCUT2D eigenvalue weighted by atomic mass is 16.5. The molecule has 5 rings (SSSR count). The minimum atomic E-state index is -0.387. The first-order valence-electron chi connectivity index (χ1n) is 14.6. The predicted molar refractivity (Wildman–Crippen MR) is 151 cm³/mol. The number of hydrogen-bond donors (Lipinski definition) is 2. The van der Waals surface area contributed by atoms with Gasteiger partial charge in [0.2, 0.25) is 11.9 Å². The van der Waals surface area contributed by atoms with Gasteiger partial charge in [0.25, 0.3) is 5.91 Å². The fraction of sp³-hybridized carbons (Fsp3) is 0.567. The number of nitrogens with one attached hydrogen (secondary N) is 2. The number of piperazine rings is 1. The molecular weight excluding hydrogens is 508 g/mol. The van der Waals surface area contributed by atoms with Crippen LogP contribution in [0.4, 0.5) is 5.95 Å². The molecule has 2 saturated carbocycles. The molecule has 1 aromatic heterocycles.